The number of benzene rings is 3. The molecule has 5 atom stereocenters. The van der Waals surface area contributed by atoms with Crippen LogP contribution in [0.4, 0.5) is 14.9 Å². The first kappa shape index (κ1) is 31.6. The van der Waals surface area contributed by atoms with Crippen molar-refractivity contribution < 1.29 is 42.8 Å². The van der Waals surface area contributed by atoms with Crippen LogP contribution >= 0.6 is 0 Å². The summed E-state index contributed by atoms with van der Waals surface area (Å²) in [5, 5.41) is 23.0. The maximum absolute atomic E-state index is 13.4. The normalized spacial score (nSPS) is 21.4. The quantitative estimate of drug-likeness (QED) is 0.310. The highest BCUT2D eigenvalue weighted by atomic mass is 19.1. The zero-order valence-electron chi connectivity index (χ0n) is 23.8. The third-order valence-corrected chi connectivity index (χ3v) is 6.66. The predicted octanol–water partition coefficient (Wildman–Crippen LogP) is 4.42. The minimum atomic E-state index is -1.43. The molecule has 1 heterocycles. The number of esters is 1. The molecule has 3 aromatic rings. The molecule has 11 heteroatoms. The molecule has 3 aromatic carbocycles. The molecular formula is C32H33FN2O8. The fraction of sp³-hybridized carbons (Fsp3) is 0.344. The summed E-state index contributed by atoms with van der Waals surface area (Å²) >= 11 is 0. The molecule has 0 aromatic heterocycles. The summed E-state index contributed by atoms with van der Waals surface area (Å²) in [7, 11) is 0. The van der Waals surface area contributed by atoms with Crippen LogP contribution in [0.25, 0.3) is 0 Å². The fourth-order valence-electron chi connectivity index (χ4n) is 4.47. The van der Waals surface area contributed by atoms with Gasteiger partial charge in [0.05, 0.1) is 24.7 Å². The minimum Gasteiger partial charge on any atom is -0.456 e. The Kier molecular flexibility index (Phi) is 11.2. The van der Waals surface area contributed by atoms with Gasteiger partial charge in [0.15, 0.2) is 12.4 Å². The predicted molar refractivity (Wildman–Crippen MR) is 152 cm³/mol. The van der Waals surface area contributed by atoms with Gasteiger partial charge in [-0.1, -0.05) is 48.0 Å². The molecule has 0 bridgehead atoms. The van der Waals surface area contributed by atoms with Crippen molar-refractivity contribution in [3.05, 3.63) is 101 Å². The lowest BCUT2D eigenvalue weighted by Crippen LogP contribution is -2.61. The number of aryl methyl sites for hydroxylation is 1. The van der Waals surface area contributed by atoms with Crippen molar-refractivity contribution in [2.45, 2.75) is 57.6 Å². The largest absolute Gasteiger partial charge is 0.456 e. The Morgan fingerprint density at radius 2 is 1.74 bits per heavy atom. The van der Waals surface area contributed by atoms with E-state index in [-0.39, 0.29) is 19.6 Å². The van der Waals surface area contributed by atoms with Crippen molar-refractivity contribution in [3.8, 4) is 6.07 Å². The van der Waals surface area contributed by atoms with Crippen molar-refractivity contribution in [1.82, 2.24) is 0 Å². The number of nitriles is 1. The van der Waals surface area contributed by atoms with Gasteiger partial charge in [-0.15, -0.1) is 0 Å². The van der Waals surface area contributed by atoms with Crippen LogP contribution in [0.5, 0.6) is 0 Å². The highest BCUT2D eigenvalue weighted by Crippen LogP contribution is 2.28. The molecule has 0 saturated carbocycles. The SMILES string of the molecule is CCO[C@@H]1O[C@H](COC(=O)Nc2cccc(C#N)c2)[C@@H](OC(=O)Cc2ccc(C)cc2)[C@H](O)[C@H]1OCc1ccc(F)cc1. The number of halogens is 1. The van der Waals surface area contributed by atoms with E-state index in [4.69, 9.17) is 28.9 Å². The summed E-state index contributed by atoms with van der Waals surface area (Å²) in [6.07, 6.45) is -6.95. The van der Waals surface area contributed by atoms with E-state index in [1.165, 1.54) is 18.2 Å². The van der Waals surface area contributed by atoms with Crippen LogP contribution in [0.15, 0.2) is 72.8 Å². The Morgan fingerprint density at radius 1 is 1.02 bits per heavy atom. The van der Waals surface area contributed by atoms with Crippen molar-refractivity contribution in [1.29, 1.82) is 5.26 Å². The van der Waals surface area contributed by atoms with Crippen molar-refractivity contribution in [2.75, 3.05) is 18.5 Å². The van der Waals surface area contributed by atoms with Gasteiger partial charge in [0.1, 0.15) is 30.7 Å². The third-order valence-electron chi connectivity index (χ3n) is 6.66. The molecule has 0 aliphatic carbocycles. The highest BCUT2D eigenvalue weighted by molar-refractivity contribution is 5.84. The minimum absolute atomic E-state index is 0.00962. The molecule has 1 fully saturated rings. The van der Waals surface area contributed by atoms with E-state index in [9.17, 15) is 19.1 Å². The summed E-state index contributed by atoms with van der Waals surface area (Å²) in [5.41, 5.74) is 3.08. The standard InChI is InChI=1S/C32H33FN2O8/c1-3-39-31-30(40-18-22-11-13-24(33)14-12-22)28(37)29(43-27(36)16-21-9-7-20(2)8-10-21)26(42-31)19-41-32(38)35-25-6-4-5-23(15-25)17-34/h4-15,26,28-31,37H,3,16,18-19H2,1-2H3,(H,35,38)/t26-,28+,29-,30-,31-/m1/s1. The summed E-state index contributed by atoms with van der Waals surface area (Å²) in [5.74, 6) is -1.03. The molecule has 0 radical (unpaired) electrons. The topological polar surface area (TPSA) is 136 Å². The number of nitrogens with one attached hydrogen (secondary N) is 1. The Balaban J connectivity index is 1.49. The van der Waals surface area contributed by atoms with Gasteiger partial charge in [-0.3, -0.25) is 10.1 Å². The highest BCUT2D eigenvalue weighted by Gasteiger charge is 2.49. The monoisotopic (exact) mass is 592 g/mol. The number of anilines is 1. The maximum Gasteiger partial charge on any atom is 0.411 e. The third kappa shape index (κ3) is 9.07. The van der Waals surface area contributed by atoms with Gasteiger partial charge in [-0.05, 0) is 55.3 Å². The number of ether oxygens (including phenoxy) is 5. The molecule has 1 amide bonds. The van der Waals surface area contributed by atoms with E-state index in [0.717, 1.165) is 5.56 Å². The van der Waals surface area contributed by atoms with Crippen LogP contribution in [0.1, 0.15) is 29.2 Å². The van der Waals surface area contributed by atoms with Crippen LogP contribution in [0.3, 0.4) is 0 Å². The first-order valence-electron chi connectivity index (χ1n) is 13.8. The van der Waals surface area contributed by atoms with Gasteiger partial charge in [-0.2, -0.15) is 5.26 Å². The summed E-state index contributed by atoms with van der Waals surface area (Å²) in [6, 6.07) is 21.3. The molecule has 1 aliphatic heterocycles. The number of aliphatic hydroxyl groups is 1. The number of carbonyl (C=O) groups excluding carboxylic acids is 2. The van der Waals surface area contributed by atoms with Gasteiger partial charge < -0.3 is 28.8 Å². The first-order valence-corrected chi connectivity index (χ1v) is 13.8. The molecule has 1 saturated heterocycles. The second-order valence-electron chi connectivity index (χ2n) is 9.92. The van der Waals surface area contributed by atoms with Crippen LogP contribution in [0.2, 0.25) is 0 Å². The number of rotatable bonds is 11. The van der Waals surface area contributed by atoms with Crippen molar-refractivity contribution in [3.63, 3.8) is 0 Å². The Bertz CT molecular complexity index is 1410. The number of carbonyl (C=O) groups is 2. The van der Waals surface area contributed by atoms with Gasteiger partial charge in [0.2, 0.25) is 0 Å². The number of hydrogen-bond acceptors (Lipinski definition) is 9. The van der Waals surface area contributed by atoms with E-state index in [2.05, 4.69) is 5.32 Å². The fourth-order valence-corrected chi connectivity index (χ4v) is 4.47. The number of nitrogens with zero attached hydrogens (tertiary/aromatic N) is 1. The summed E-state index contributed by atoms with van der Waals surface area (Å²) < 4.78 is 42.1. The second kappa shape index (κ2) is 15.2. The number of hydrogen-bond donors (Lipinski definition) is 2. The number of amides is 1. The van der Waals surface area contributed by atoms with E-state index in [0.29, 0.717) is 22.4 Å². The molecular weight excluding hydrogens is 559 g/mol. The molecule has 43 heavy (non-hydrogen) atoms. The Labute approximate surface area is 248 Å². The molecule has 4 rings (SSSR count). The summed E-state index contributed by atoms with van der Waals surface area (Å²) in [6.45, 7) is 3.45. The zero-order chi connectivity index (χ0) is 30.8. The van der Waals surface area contributed by atoms with Crippen LogP contribution in [-0.4, -0.2) is 61.1 Å². The molecule has 226 valence electrons. The van der Waals surface area contributed by atoms with Gasteiger partial charge in [0, 0.05) is 12.3 Å². The Morgan fingerprint density at radius 3 is 2.44 bits per heavy atom. The van der Waals surface area contributed by atoms with Gasteiger partial charge in [-0.25, -0.2) is 9.18 Å². The molecule has 1 aliphatic rings. The molecule has 10 nitrogen and oxygen atoms in total. The molecule has 2 N–H and O–H groups in total. The van der Waals surface area contributed by atoms with Crippen LogP contribution < -0.4 is 5.32 Å². The average Bonchev–Trinajstić information content (AvgIpc) is 2.99. The zero-order valence-corrected chi connectivity index (χ0v) is 23.8. The maximum atomic E-state index is 13.4. The van der Waals surface area contributed by atoms with Crippen molar-refractivity contribution >= 4 is 17.7 Å². The lowest BCUT2D eigenvalue weighted by molar-refractivity contribution is -0.312. The van der Waals surface area contributed by atoms with E-state index >= 15 is 0 Å². The number of aliphatic hydroxyl groups excluding tert-OH is 1. The smallest absolute Gasteiger partial charge is 0.411 e. The lowest BCUT2D eigenvalue weighted by Gasteiger charge is -2.43. The van der Waals surface area contributed by atoms with E-state index < -0.39 is 55.2 Å². The van der Waals surface area contributed by atoms with Crippen LogP contribution in [-0.2, 0) is 41.5 Å². The van der Waals surface area contributed by atoms with Crippen LogP contribution in [0, 0.1) is 24.1 Å². The van der Waals surface area contributed by atoms with E-state index in [1.54, 1.807) is 49.4 Å². The van der Waals surface area contributed by atoms with E-state index in [1.807, 2.05) is 25.1 Å². The molecule has 0 unspecified atom stereocenters. The second-order valence-corrected chi connectivity index (χ2v) is 9.92. The summed E-state index contributed by atoms with van der Waals surface area (Å²) in [4.78, 5) is 25.5. The van der Waals surface area contributed by atoms with Crippen molar-refractivity contribution in [2.24, 2.45) is 0 Å². The first-order chi connectivity index (χ1) is 20.7. The Hall–Kier alpha value is -4.34. The molecule has 0 spiro atoms. The average molecular weight is 593 g/mol. The lowest BCUT2D eigenvalue weighted by atomic mass is 9.98. The van der Waals surface area contributed by atoms with Gasteiger partial charge >= 0.3 is 12.1 Å². The van der Waals surface area contributed by atoms with Gasteiger partial charge in [0.25, 0.3) is 0 Å².